The molecule has 2 unspecified atom stereocenters. The number of aryl methyl sites for hydroxylation is 2. The van der Waals surface area contributed by atoms with Crippen molar-refractivity contribution in [1.82, 2.24) is 9.88 Å². The molecule has 0 amide bonds. The highest BCUT2D eigenvalue weighted by Crippen LogP contribution is 2.28. The Morgan fingerprint density at radius 2 is 2.25 bits per heavy atom. The summed E-state index contributed by atoms with van der Waals surface area (Å²) in [4.78, 5) is 8.47. The lowest BCUT2D eigenvalue weighted by Crippen LogP contribution is -2.43. The molecule has 1 aliphatic heterocycles. The van der Waals surface area contributed by atoms with Gasteiger partial charge in [0, 0.05) is 17.5 Å². The fraction of sp³-hybridized carbons (Fsp3) is 0.750. The molecule has 2 heterocycles. The second-order valence-corrected chi connectivity index (χ2v) is 6.15. The van der Waals surface area contributed by atoms with Crippen molar-refractivity contribution in [3.8, 4) is 0 Å². The Balaban J connectivity index is 2.11. The smallest absolute Gasteiger partial charge is 0.0900 e. The number of nitrogens with two attached hydrogens (primary N) is 1. The normalized spacial score (nSPS) is 24.6. The fourth-order valence-electron chi connectivity index (χ4n) is 2.50. The van der Waals surface area contributed by atoms with Gasteiger partial charge in [-0.15, -0.1) is 11.3 Å². The molecule has 0 aliphatic carbocycles. The molecule has 3 nitrogen and oxygen atoms in total. The van der Waals surface area contributed by atoms with E-state index in [0.717, 1.165) is 19.5 Å². The van der Waals surface area contributed by atoms with Gasteiger partial charge in [0.15, 0.2) is 0 Å². The number of thiazole rings is 1. The third-order valence-electron chi connectivity index (χ3n) is 3.37. The second kappa shape index (κ2) is 4.82. The summed E-state index contributed by atoms with van der Waals surface area (Å²) in [6, 6.07) is 0.757. The minimum Gasteiger partial charge on any atom is -0.327 e. The summed E-state index contributed by atoms with van der Waals surface area (Å²) in [6.07, 6.45) is 2.38. The summed E-state index contributed by atoms with van der Waals surface area (Å²) in [6.45, 7) is 8.66. The van der Waals surface area contributed by atoms with Crippen molar-refractivity contribution in [1.29, 1.82) is 0 Å². The maximum atomic E-state index is 6.02. The van der Waals surface area contributed by atoms with E-state index in [9.17, 15) is 0 Å². The Labute approximate surface area is 102 Å². The molecule has 0 radical (unpaired) electrons. The van der Waals surface area contributed by atoms with Gasteiger partial charge in [-0.2, -0.15) is 0 Å². The predicted molar refractivity (Wildman–Crippen MR) is 68.8 cm³/mol. The number of hydrogen-bond acceptors (Lipinski definition) is 4. The van der Waals surface area contributed by atoms with E-state index >= 15 is 0 Å². The maximum Gasteiger partial charge on any atom is 0.0900 e. The molecule has 4 heteroatoms. The zero-order chi connectivity index (χ0) is 11.7. The molecule has 1 aromatic heterocycles. The molecule has 1 saturated heterocycles. The molecular formula is C12H21N3S. The highest BCUT2D eigenvalue weighted by molar-refractivity contribution is 7.11. The number of rotatable bonds is 2. The van der Waals surface area contributed by atoms with E-state index in [4.69, 9.17) is 5.73 Å². The molecule has 0 bridgehead atoms. The van der Waals surface area contributed by atoms with Crippen LogP contribution < -0.4 is 5.73 Å². The van der Waals surface area contributed by atoms with Gasteiger partial charge in [-0.25, -0.2) is 4.98 Å². The molecule has 2 rings (SSSR count). The Kier molecular flexibility index (Phi) is 3.62. The first-order valence-corrected chi connectivity index (χ1v) is 6.83. The predicted octanol–water partition coefficient (Wildman–Crippen LogP) is 2.24. The summed E-state index contributed by atoms with van der Waals surface area (Å²) in [5.74, 6) is 0. The molecule has 1 fully saturated rings. The standard InChI is InChI=1S/C12H21N3S/c1-8(12-9(2)16-10(3)14-12)15-6-4-5-11(13)7-15/h8,11H,4-7,13H2,1-3H3. The van der Waals surface area contributed by atoms with E-state index < -0.39 is 0 Å². The number of piperidine rings is 1. The molecule has 2 atom stereocenters. The van der Waals surface area contributed by atoms with Gasteiger partial charge in [0.25, 0.3) is 0 Å². The topological polar surface area (TPSA) is 42.2 Å². The van der Waals surface area contributed by atoms with Crippen molar-refractivity contribution < 1.29 is 0 Å². The SMILES string of the molecule is Cc1nc(C(C)N2CCCC(N)C2)c(C)s1. The number of aromatic nitrogens is 1. The first kappa shape index (κ1) is 12.0. The average molecular weight is 239 g/mol. The number of hydrogen-bond donors (Lipinski definition) is 1. The van der Waals surface area contributed by atoms with Crippen molar-refractivity contribution in [3.63, 3.8) is 0 Å². The molecular weight excluding hydrogens is 218 g/mol. The van der Waals surface area contributed by atoms with Crippen LogP contribution in [0.1, 0.15) is 41.4 Å². The first-order valence-electron chi connectivity index (χ1n) is 6.01. The van der Waals surface area contributed by atoms with Crippen molar-refractivity contribution in [2.24, 2.45) is 5.73 Å². The van der Waals surface area contributed by atoms with Crippen molar-refractivity contribution in [3.05, 3.63) is 15.6 Å². The van der Waals surface area contributed by atoms with E-state index in [1.54, 1.807) is 11.3 Å². The van der Waals surface area contributed by atoms with Crippen LogP contribution in [0.2, 0.25) is 0 Å². The first-order chi connectivity index (χ1) is 7.58. The van der Waals surface area contributed by atoms with Crippen molar-refractivity contribution in [2.45, 2.75) is 45.7 Å². The molecule has 0 spiro atoms. The molecule has 0 saturated carbocycles. The van der Waals surface area contributed by atoms with Crippen LogP contribution >= 0.6 is 11.3 Å². The lowest BCUT2D eigenvalue weighted by atomic mass is 10.0. The number of likely N-dealkylation sites (tertiary alicyclic amines) is 1. The highest BCUT2D eigenvalue weighted by atomic mass is 32.1. The van der Waals surface area contributed by atoms with Gasteiger partial charge in [-0.05, 0) is 40.2 Å². The van der Waals surface area contributed by atoms with Gasteiger partial charge >= 0.3 is 0 Å². The largest absolute Gasteiger partial charge is 0.327 e. The van der Waals surface area contributed by atoms with Crippen LogP contribution in [0.5, 0.6) is 0 Å². The Morgan fingerprint density at radius 1 is 1.50 bits per heavy atom. The summed E-state index contributed by atoms with van der Waals surface area (Å²) < 4.78 is 0. The molecule has 2 N–H and O–H groups in total. The zero-order valence-corrected chi connectivity index (χ0v) is 11.2. The number of nitrogens with zero attached hydrogens (tertiary/aromatic N) is 2. The Bertz CT molecular complexity index is 361. The van der Waals surface area contributed by atoms with E-state index in [1.165, 1.54) is 22.0 Å². The van der Waals surface area contributed by atoms with Gasteiger partial charge in [0.2, 0.25) is 0 Å². The van der Waals surface area contributed by atoms with Crippen LogP contribution in [0.4, 0.5) is 0 Å². The van der Waals surface area contributed by atoms with E-state index in [2.05, 4.69) is 30.7 Å². The molecule has 16 heavy (non-hydrogen) atoms. The molecule has 1 aliphatic rings. The molecule has 1 aromatic rings. The third-order valence-corrected chi connectivity index (χ3v) is 4.27. The Morgan fingerprint density at radius 3 is 2.81 bits per heavy atom. The third kappa shape index (κ3) is 2.44. The van der Waals surface area contributed by atoms with Crippen LogP contribution in [0.15, 0.2) is 0 Å². The minimum atomic E-state index is 0.344. The Hall–Kier alpha value is -0.450. The van der Waals surface area contributed by atoms with Gasteiger partial charge in [-0.3, -0.25) is 4.90 Å². The van der Waals surface area contributed by atoms with Crippen LogP contribution in [0.3, 0.4) is 0 Å². The van der Waals surface area contributed by atoms with Gasteiger partial charge in [-0.1, -0.05) is 0 Å². The van der Waals surface area contributed by atoms with Crippen LogP contribution in [0, 0.1) is 13.8 Å². The quantitative estimate of drug-likeness (QED) is 0.860. The fourth-order valence-corrected chi connectivity index (χ4v) is 3.41. The van der Waals surface area contributed by atoms with Crippen LogP contribution in [-0.2, 0) is 0 Å². The van der Waals surface area contributed by atoms with E-state index in [0.29, 0.717) is 12.1 Å². The van der Waals surface area contributed by atoms with E-state index in [1.807, 2.05) is 0 Å². The summed E-state index contributed by atoms with van der Waals surface area (Å²) in [7, 11) is 0. The second-order valence-electron chi connectivity index (χ2n) is 4.75. The van der Waals surface area contributed by atoms with Gasteiger partial charge in [0.1, 0.15) is 0 Å². The lowest BCUT2D eigenvalue weighted by molar-refractivity contribution is 0.157. The van der Waals surface area contributed by atoms with Gasteiger partial charge < -0.3 is 5.73 Å². The van der Waals surface area contributed by atoms with Crippen LogP contribution in [0.25, 0.3) is 0 Å². The summed E-state index contributed by atoms with van der Waals surface area (Å²) >= 11 is 1.79. The lowest BCUT2D eigenvalue weighted by Gasteiger charge is -2.34. The monoisotopic (exact) mass is 239 g/mol. The van der Waals surface area contributed by atoms with Crippen molar-refractivity contribution in [2.75, 3.05) is 13.1 Å². The average Bonchev–Trinajstić information content (AvgIpc) is 2.57. The summed E-state index contributed by atoms with van der Waals surface area (Å²) in [5.41, 5.74) is 7.27. The zero-order valence-electron chi connectivity index (χ0n) is 10.4. The van der Waals surface area contributed by atoms with Crippen molar-refractivity contribution >= 4 is 11.3 Å². The van der Waals surface area contributed by atoms with Crippen LogP contribution in [-0.4, -0.2) is 29.0 Å². The molecule has 0 aromatic carbocycles. The molecule has 90 valence electrons. The highest BCUT2D eigenvalue weighted by Gasteiger charge is 2.24. The van der Waals surface area contributed by atoms with E-state index in [-0.39, 0.29) is 0 Å². The minimum absolute atomic E-state index is 0.344. The van der Waals surface area contributed by atoms with Gasteiger partial charge in [0.05, 0.1) is 16.7 Å². The maximum absolute atomic E-state index is 6.02. The summed E-state index contributed by atoms with van der Waals surface area (Å²) in [5, 5.41) is 1.17.